The highest BCUT2D eigenvalue weighted by Crippen LogP contribution is 2.30. The molecule has 13 nitrogen and oxygen atoms in total. The normalized spacial score (nSPS) is 17.7. The molecule has 0 unspecified atom stereocenters. The van der Waals surface area contributed by atoms with E-state index < -0.39 is 35.8 Å². The van der Waals surface area contributed by atoms with Crippen LogP contribution >= 0.6 is 49.6 Å². The molecule has 262 valence electrons. The number of amides is 3. The Hall–Kier alpha value is -2.59. The third-order valence-corrected chi connectivity index (χ3v) is 7.27. The smallest absolute Gasteiger partial charge is 0.243 e. The van der Waals surface area contributed by atoms with Gasteiger partial charge in [0, 0.05) is 52.1 Å². The molecular formula is C29H48Cl4N8O5. The number of carbonyl (C=O) groups is 3. The molecule has 13 N–H and O–H groups in total. The van der Waals surface area contributed by atoms with Gasteiger partial charge in [-0.15, -0.1) is 49.6 Å². The molecule has 1 aliphatic rings. The standard InChI is InChI=1S/C29H44N8O5.4ClH/c30-7-1-2-23-29(42)36-24(28(41)34-10-13-37(11-8-31)12-9-32)17-21-15-19(4-6-26(21)39)18-3-5-25(38)20(14-18)16-22(33)27(40)35-23;;;;/h3-6,14-15,22-24,38-39H,1-2,7-13,16-17,30-33H2,(H,34,41)(H,35,40)(H,36,42);4*1H/t22-,23-,24-;;;;/m0..../s1. The molecular weight excluding hydrogens is 682 g/mol. The summed E-state index contributed by atoms with van der Waals surface area (Å²) in [6.07, 6.45) is 0.671. The maximum Gasteiger partial charge on any atom is 0.243 e. The zero-order valence-electron chi connectivity index (χ0n) is 25.5. The molecule has 2 aromatic rings. The third-order valence-electron chi connectivity index (χ3n) is 7.27. The first-order chi connectivity index (χ1) is 20.2. The van der Waals surface area contributed by atoms with Crippen LogP contribution in [0.3, 0.4) is 0 Å². The Labute approximate surface area is 294 Å². The van der Waals surface area contributed by atoms with E-state index in [9.17, 15) is 24.6 Å². The predicted molar refractivity (Wildman–Crippen MR) is 189 cm³/mol. The number of benzene rings is 2. The van der Waals surface area contributed by atoms with E-state index in [2.05, 4.69) is 16.0 Å². The molecule has 0 saturated heterocycles. The number of carbonyl (C=O) groups excluding carboxylic acids is 3. The molecule has 0 saturated carbocycles. The van der Waals surface area contributed by atoms with Gasteiger partial charge in [0.05, 0.1) is 6.04 Å². The van der Waals surface area contributed by atoms with Crippen molar-refractivity contribution in [3.8, 4) is 22.6 Å². The SMILES string of the molecule is Cl.Cl.Cl.Cl.NCCC[C@@H]1NC(=O)[C@@H](N)Cc2cc(ccc2O)-c2ccc(O)c(c2)C[C@@H](C(=O)NCCN(CCN)CCN)NC1=O. The van der Waals surface area contributed by atoms with Crippen LogP contribution in [0.2, 0.25) is 0 Å². The Morgan fingerprint density at radius 2 is 1.35 bits per heavy atom. The van der Waals surface area contributed by atoms with Gasteiger partial charge in [-0.2, -0.15) is 0 Å². The van der Waals surface area contributed by atoms with Crippen LogP contribution in [0.5, 0.6) is 11.5 Å². The van der Waals surface area contributed by atoms with Gasteiger partial charge in [-0.1, -0.05) is 12.1 Å². The molecule has 4 bridgehead atoms. The van der Waals surface area contributed by atoms with E-state index in [1.807, 2.05) is 4.90 Å². The molecule has 17 heteroatoms. The molecule has 1 aliphatic heterocycles. The number of aromatic hydroxyl groups is 2. The maximum absolute atomic E-state index is 13.5. The number of nitrogens with two attached hydrogens (primary N) is 4. The van der Waals surface area contributed by atoms with Crippen molar-refractivity contribution in [2.75, 3.05) is 45.8 Å². The van der Waals surface area contributed by atoms with Crippen molar-refractivity contribution in [3.05, 3.63) is 47.5 Å². The lowest BCUT2D eigenvalue weighted by atomic mass is 9.95. The van der Waals surface area contributed by atoms with E-state index >= 15 is 0 Å². The van der Waals surface area contributed by atoms with Crippen LogP contribution in [-0.2, 0) is 27.2 Å². The van der Waals surface area contributed by atoms with E-state index in [0.29, 0.717) is 62.4 Å². The van der Waals surface area contributed by atoms with E-state index in [1.54, 1.807) is 24.3 Å². The van der Waals surface area contributed by atoms with E-state index in [1.165, 1.54) is 12.1 Å². The number of rotatable bonds is 11. The highest BCUT2D eigenvalue weighted by atomic mass is 35.5. The van der Waals surface area contributed by atoms with Gasteiger partial charge in [-0.3, -0.25) is 19.3 Å². The van der Waals surface area contributed by atoms with Crippen molar-refractivity contribution in [3.63, 3.8) is 0 Å². The fourth-order valence-corrected chi connectivity index (χ4v) is 4.92. The summed E-state index contributed by atoms with van der Waals surface area (Å²) < 4.78 is 0. The molecule has 0 aromatic heterocycles. The average molecular weight is 731 g/mol. The molecule has 3 atom stereocenters. The summed E-state index contributed by atoms with van der Waals surface area (Å²) in [6.45, 7) is 3.23. The first kappa shape index (κ1) is 45.5. The topological polar surface area (TPSA) is 235 Å². The Kier molecular flexibility index (Phi) is 22.6. The number of nitrogens with zero attached hydrogens (tertiary/aromatic N) is 1. The van der Waals surface area contributed by atoms with Crippen LogP contribution in [-0.4, -0.2) is 96.8 Å². The number of halogens is 4. The minimum absolute atomic E-state index is 0. The van der Waals surface area contributed by atoms with Crippen molar-refractivity contribution < 1.29 is 24.6 Å². The lowest BCUT2D eigenvalue weighted by molar-refractivity contribution is -0.132. The lowest BCUT2D eigenvalue weighted by Gasteiger charge is -2.25. The summed E-state index contributed by atoms with van der Waals surface area (Å²) in [5.74, 6) is -1.67. The van der Waals surface area contributed by atoms with Crippen molar-refractivity contribution in [1.82, 2.24) is 20.9 Å². The Bertz CT molecular complexity index is 1240. The molecule has 2 aromatic carbocycles. The van der Waals surface area contributed by atoms with Crippen molar-refractivity contribution >= 4 is 67.3 Å². The average Bonchev–Trinajstić information content (AvgIpc) is 2.96. The van der Waals surface area contributed by atoms with Crippen LogP contribution in [0, 0.1) is 0 Å². The van der Waals surface area contributed by atoms with Gasteiger partial charge >= 0.3 is 0 Å². The summed E-state index contributed by atoms with van der Waals surface area (Å²) >= 11 is 0. The quantitative estimate of drug-likeness (QED) is 0.149. The van der Waals surface area contributed by atoms with Crippen molar-refractivity contribution in [1.29, 1.82) is 0 Å². The van der Waals surface area contributed by atoms with Crippen LogP contribution < -0.4 is 38.9 Å². The summed E-state index contributed by atoms with van der Waals surface area (Å²) in [6, 6.07) is 6.79. The van der Waals surface area contributed by atoms with Gasteiger partial charge in [-0.05, 0) is 65.9 Å². The van der Waals surface area contributed by atoms with Gasteiger partial charge in [0.1, 0.15) is 23.6 Å². The second kappa shape index (κ2) is 22.9. The van der Waals surface area contributed by atoms with Gasteiger partial charge in [0.15, 0.2) is 0 Å². The van der Waals surface area contributed by atoms with E-state index in [0.717, 1.165) is 5.56 Å². The van der Waals surface area contributed by atoms with Gasteiger partial charge < -0.3 is 49.1 Å². The second-order valence-electron chi connectivity index (χ2n) is 10.5. The van der Waals surface area contributed by atoms with Crippen LogP contribution in [0.4, 0.5) is 0 Å². The highest BCUT2D eigenvalue weighted by molar-refractivity contribution is 5.93. The van der Waals surface area contributed by atoms with Gasteiger partial charge in [0.25, 0.3) is 0 Å². The molecule has 1 heterocycles. The van der Waals surface area contributed by atoms with E-state index in [-0.39, 0.29) is 86.9 Å². The molecule has 0 fully saturated rings. The number of hydrogen-bond donors (Lipinski definition) is 9. The second-order valence-corrected chi connectivity index (χ2v) is 10.5. The number of phenols is 2. The van der Waals surface area contributed by atoms with Crippen molar-refractivity contribution in [2.24, 2.45) is 22.9 Å². The number of hydrogen-bond acceptors (Lipinski definition) is 10. The van der Waals surface area contributed by atoms with Crippen molar-refractivity contribution in [2.45, 2.75) is 43.8 Å². The van der Waals surface area contributed by atoms with Crippen LogP contribution in [0.15, 0.2) is 36.4 Å². The Morgan fingerprint density at radius 1 is 0.804 bits per heavy atom. The molecule has 0 spiro atoms. The molecule has 3 amide bonds. The Balaban J connectivity index is 0. The molecule has 3 rings (SSSR count). The minimum Gasteiger partial charge on any atom is -0.508 e. The van der Waals surface area contributed by atoms with Gasteiger partial charge in [-0.25, -0.2) is 0 Å². The largest absolute Gasteiger partial charge is 0.508 e. The lowest BCUT2D eigenvalue weighted by Crippen LogP contribution is -2.56. The predicted octanol–water partition coefficient (Wildman–Crippen LogP) is -0.0780. The number of fused-ring (bicyclic) bond motifs is 5. The fourth-order valence-electron chi connectivity index (χ4n) is 4.92. The summed E-state index contributed by atoms with van der Waals surface area (Å²) in [5.41, 5.74) is 25.5. The summed E-state index contributed by atoms with van der Waals surface area (Å²) in [7, 11) is 0. The van der Waals surface area contributed by atoms with E-state index in [4.69, 9.17) is 22.9 Å². The summed E-state index contributed by atoms with van der Waals surface area (Å²) in [5, 5.41) is 29.5. The zero-order chi connectivity index (χ0) is 30.6. The maximum atomic E-state index is 13.5. The summed E-state index contributed by atoms with van der Waals surface area (Å²) in [4.78, 5) is 42.0. The monoisotopic (exact) mass is 728 g/mol. The zero-order valence-corrected chi connectivity index (χ0v) is 28.7. The van der Waals surface area contributed by atoms with Gasteiger partial charge in [0.2, 0.25) is 17.7 Å². The molecule has 0 aliphatic carbocycles. The fraction of sp³-hybridized carbons (Fsp3) is 0.483. The van der Waals surface area contributed by atoms with Crippen LogP contribution in [0.1, 0.15) is 24.0 Å². The minimum atomic E-state index is -1.07. The number of nitrogens with one attached hydrogen (secondary N) is 3. The number of phenolic OH excluding ortho intramolecular Hbond substituents is 2. The third kappa shape index (κ3) is 13.3. The highest BCUT2D eigenvalue weighted by Gasteiger charge is 2.29. The molecule has 46 heavy (non-hydrogen) atoms. The first-order valence-corrected chi connectivity index (χ1v) is 14.3. The first-order valence-electron chi connectivity index (χ1n) is 14.3. The Morgan fingerprint density at radius 3 is 1.87 bits per heavy atom. The molecule has 0 radical (unpaired) electrons. The van der Waals surface area contributed by atoms with Crippen LogP contribution in [0.25, 0.3) is 11.1 Å².